The zero-order chi connectivity index (χ0) is 25.4. The minimum Gasteiger partial charge on any atom is -0.375 e. The number of pyridine rings is 1. The van der Waals surface area contributed by atoms with Crippen LogP contribution in [-0.4, -0.2) is 37.6 Å². The first-order valence-electron chi connectivity index (χ1n) is 11.6. The molecule has 1 aliphatic rings. The van der Waals surface area contributed by atoms with E-state index in [-0.39, 0.29) is 17.0 Å². The van der Waals surface area contributed by atoms with Crippen LogP contribution in [0.5, 0.6) is 0 Å². The molecule has 0 aliphatic carbocycles. The molecule has 0 spiro atoms. The smallest absolute Gasteiger partial charge is 0.252 e. The van der Waals surface area contributed by atoms with Gasteiger partial charge in [-0.3, -0.25) is 4.79 Å². The van der Waals surface area contributed by atoms with Crippen molar-refractivity contribution in [3.63, 3.8) is 0 Å². The average Bonchev–Trinajstić information content (AvgIpc) is 2.87. The van der Waals surface area contributed by atoms with Crippen LogP contribution < -0.4 is 15.8 Å². The SMILES string of the molecule is CC(Nc1cc(=O)n(C)c2ccc(Cc3nc(N4CC(C)(C#N)C4)ncc3Cl)cc12)c1ncccn1. The van der Waals surface area contributed by atoms with Crippen LogP contribution in [0, 0.1) is 16.7 Å². The second-order valence-corrected chi connectivity index (χ2v) is 9.86. The monoisotopic (exact) mass is 500 g/mol. The van der Waals surface area contributed by atoms with Gasteiger partial charge in [-0.25, -0.2) is 19.9 Å². The summed E-state index contributed by atoms with van der Waals surface area (Å²) in [6.07, 6.45) is 5.50. The number of nitrogens with one attached hydrogen (secondary N) is 1. The fraction of sp³-hybridized carbons (Fsp3) is 0.308. The molecule has 1 aromatic carbocycles. The third-order valence-electron chi connectivity index (χ3n) is 6.46. The average molecular weight is 501 g/mol. The van der Waals surface area contributed by atoms with Crippen molar-refractivity contribution in [2.45, 2.75) is 26.3 Å². The molecule has 9 nitrogen and oxygen atoms in total. The summed E-state index contributed by atoms with van der Waals surface area (Å²) in [6, 6.07) is 11.5. The van der Waals surface area contributed by atoms with Crippen molar-refractivity contribution in [2.75, 3.05) is 23.3 Å². The van der Waals surface area contributed by atoms with Gasteiger partial charge in [-0.2, -0.15) is 5.26 Å². The first kappa shape index (κ1) is 23.7. The number of nitriles is 1. The standard InChI is InChI=1S/C26H25ClN8O/c1-16(24-29-7-4-8-30-24)32-20-11-23(36)34(3)22-6-5-17(9-18(20)22)10-21-19(27)12-31-25(33-21)35-14-26(2,13-28)15-35/h4-9,11-12,16,32H,10,14-15H2,1-3H3. The first-order chi connectivity index (χ1) is 17.3. The third-order valence-corrected chi connectivity index (χ3v) is 6.78. The predicted molar refractivity (Wildman–Crippen MR) is 139 cm³/mol. The van der Waals surface area contributed by atoms with E-state index in [0.29, 0.717) is 47.7 Å². The molecule has 1 saturated heterocycles. The van der Waals surface area contributed by atoms with Gasteiger partial charge in [-0.1, -0.05) is 17.7 Å². The van der Waals surface area contributed by atoms with Crippen LogP contribution in [0.4, 0.5) is 11.6 Å². The molecular weight excluding hydrogens is 476 g/mol. The van der Waals surface area contributed by atoms with Crippen LogP contribution in [0.3, 0.4) is 0 Å². The summed E-state index contributed by atoms with van der Waals surface area (Å²) in [4.78, 5) is 32.3. The number of hydrogen-bond donors (Lipinski definition) is 1. The van der Waals surface area contributed by atoms with Crippen molar-refractivity contribution in [3.05, 3.63) is 81.4 Å². The Morgan fingerprint density at radius 1 is 1.22 bits per heavy atom. The van der Waals surface area contributed by atoms with E-state index in [4.69, 9.17) is 16.6 Å². The van der Waals surface area contributed by atoms with Gasteiger partial charge >= 0.3 is 0 Å². The Bertz CT molecular complexity index is 1540. The maximum absolute atomic E-state index is 12.6. The topological polar surface area (TPSA) is 113 Å². The minimum absolute atomic E-state index is 0.110. The highest BCUT2D eigenvalue weighted by molar-refractivity contribution is 6.31. The van der Waals surface area contributed by atoms with E-state index in [2.05, 4.69) is 26.3 Å². The van der Waals surface area contributed by atoms with Crippen molar-refractivity contribution in [1.82, 2.24) is 24.5 Å². The number of fused-ring (bicyclic) bond motifs is 1. The Labute approximate surface area is 213 Å². The van der Waals surface area contributed by atoms with E-state index >= 15 is 0 Å². The zero-order valence-corrected chi connectivity index (χ0v) is 21.0. The third kappa shape index (κ3) is 4.48. The Morgan fingerprint density at radius 3 is 2.69 bits per heavy atom. The molecule has 1 aliphatic heterocycles. The molecule has 0 amide bonds. The molecule has 3 aromatic heterocycles. The fourth-order valence-corrected chi connectivity index (χ4v) is 4.60. The highest BCUT2D eigenvalue weighted by Gasteiger charge is 2.40. The lowest BCUT2D eigenvalue weighted by atomic mass is 9.84. The van der Waals surface area contributed by atoms with Crippen LogP contribution in [-0.2, 0) is 13.5 Å². The lowest BCUT2D eigenvalue weighted by molar-refractivity contribution is 0.331. The summed E-state index contributed by atoms with van der Waals surface area (Å²) in [5, 5.41) is 14.1. The van der Waals surface area contributed by atoms with Crippen molar-refractivity contribution in [2.24, 2.45) is 12.5 Å². The molecule has 5 rings (SSSR count). The molecule has 36 heavy (non-hydrogen) atoms. The van der Waals surface area contributed by atoms with Gasteiger partial charge in [0.15, 0.2) is 0 Å². The van der Waals surface area contributed by atoms with Crippen LogP contribution in [0.1, 0.15) is 37.0 Å². The van der Waals surface area contributed by atoms with Gasteiger partial charge in [0, 0.05) is 56.1 Å². The van der Waals surface area contributed by atoms with Gasteiger partial charge in [-0.15, -0.1) is 0 Å². The van der Waals surface area contributed by atoms with Gasteiger partial charge in [0.25, 0.3) is 5.56 Å². The largest absolute Gasteiger partial charge is 0.375 e. The van der Waals surface area contributed by atoms with E-state index in [1.165, 1.54) is 0 Å². The Balaban J connectivity index is 1.47. The molecule has 182 valence electrons. The summed E-state index contributed by atoms with van der Waals surface area (Å²) >= 11 is 6.46. The number of nitrogens with zero attached hydrogens (tertiary/aromatic N) is 7. The maximum Gasteiger partial charge on any atom is 0.252 e. The molecule has 1 fully saturated rings. The quantitative estimate of drug-likeness (QED) is 0.424. The highest BCUT2D eigenvalue weighted by atomic mass is 35.5. The second-order valence-electron chi connectivity index (χ2n) is 9.45. The van der Waals surface area contributed by atoms with Crippen LogP contribution in [0.15, 0.2) is 53.7 Å². The van der Waals surface area contributed by atoms with E-state index in [1.807, 2.05) is 36.9 Å². The van der Waals surface area contributed by atoms with Gasteiger partial charge < -0.3 is 14.8 Å². The first-order valence-corrected chi connectivity index (χ1v) is 12.0. The molecule has 0 saturated carbocycles. The number of benzene rings is 1. The molecular formula is C26H25ClN8O. The summed E-state index contributed by atoms with van der Waals surface area (Å²) in [7, 11) is 1.76. The van der Waals surface area contributed by atoms with Crippen molar-refractivity contribution < 1.29 is 0 Å². The van der Waals surface area contributed by atoms with E-state index in [0.717, 1.165) is 16.5 Å². The van der Waals surface area contributed by atoms with Gasteiger partial charge in [-0.05, 0) is 37.6 Å². The van der Waals surface area contributed by atoms with E-state index in [9.17, 15) is 10.1 Å². The Hall–Kier alpha value is -4.03. The van der Waals surface area contributed by atoms with Crippen molar-refractivity contribution >= 4 is 34.1 Å². The molecule has 1 unspecified atom stereocenters. The molecule has 1 N–H and O–H groups in total. The van der Waals surface area contributed by atoms with Gasteiger partial charge in [0.05, 0.1) is 40.0 Å². The van der Waals surface area contributed by atoms with Gasteiger partial charge in [0.2, 0.25) is 5.95 Å². The second kappa shape index (κ2) is 9.21. The van der Waals surface area contributed by atoms with Crippen molar-refractivity contribution in [3.8, 4) is 6.07 Å². The molecule has 4 aromatic rings. The fourth-order valence-electron chi connectivity index (χ4n) is 4.44. The lowest BCUT2D eigenvalue weighted by Crippen LogP contribution is -2.54. The van der Waals surface area contributed by atoms with Crippen LogP contribution >= 0.6 is 11.6 Å². The number of anilines is 2. The number of aryl methyl sites for hydroxylation is 1. The molecule has 1 atom stereocenters. The van der Waals surface area contributed by atoms with Gasteiger partial charge in [0.1, 0.15) is 5.82 Å². The summed E-state index contributed by atoms with van der Waals surface area (Å²) < 4.78 is 1.62. The normalized spacial score (nSPS) is 15.2. The van der Waals surface area contributed by atoms with E-state index in [1.54, 1.807) is 42.3 Å². The summed E-state index contributed by atoms with van der Waals surface area (Å²) in [6.45, 7) is 5.07. The summed E-state index contributed by atoms with van der Waals surface area (Å²) in [5.74, 6) is 1.21. The Morgan fingerprint density at radius 2 is 1.97 bits per heavy atom. The van der Waals surface area contributed by atoms with Crippen molar-refractivity contribution in [1.29, 1.82) is 5.26 Å². The lowest BCUT2D eigenvalue weighted by Gasteiger charge is -2.43. The number of rotatable bonds is 6. The Kier molecular flexibility index (Phi) is 6.06. The predicted octanol–water partition coefficient (Wildman–Crippen LogP) is 3.89. The highest BCUT2D eigenvalue weighted by Crippen LogP contribution is 2.33. The minimum atomic E-state index is -0.372. The van der Waals surface area contributed by atoms with Crippen LogP contribution in [0.2, 0.25) is 5.02 Å². The number of halogens is 1. The number of hydrogen-bond acceptors (Lipinski definition) is 8. The molecule has 0 bridgehead atoms. The summed E-state index contributed by atoms with van der Waals surface area (Å²) in [5.41, 5.74) is 2.73. The number of aromatic nitrogens is 5. The van der Waals surface area contributed by atoms with Crippen LogP contribution in [0.25, 0.3) is 10.9 Å². The molecule has 10 heteroatoms. The molecule has 4 heterocycles. The maximum atomic E-state index is 12.6. The van der Waals surface area contributed by atoms with E-state index < -0.39 is 0 Å². The molecule has 0 radical (unpaired) electrons. The zero-order valence-electron chi connectivity index (χ0n) is 20.2.